The van der Waals surface area contributed by atoms with Crippen molar-refractivity contribution in [2.45, 2.75) is 6.92 Å². The van der Waals surface area contributed by atoms with Gasteiger partial charge in [0.25, 0.3) is 0 Å². The quantitative estimate of drug-likeness (QED) is 0.539. The molecule has 4 heteroatoms. The fourth-order valence-corrected chi connectivity index (χ4v) is 1.09. The third-order valence-corrected chi connectivity index (χ3v) is 1.74. The number of hydrogen-bond donors (Lipinski definition) is 1. The molecule has 56 valence electrons. The minimum Gasteiger partial charge on any atom is -0.164 e. The molecule has 2 rings (SSSR count). The summed E-state index contributed by atoms with van der Waals surface area (Å²) in [5.41, 5.74) is 2.98. The third-order valence-electron chi connectivity index (χ3n) is 1.74. The SMILES string of the molecule is Cc1ccnc2c1n[nH][n+]2C. The van der Waals surface area contributed by atoms with Crippen LogP contribution in [0.3, 0.4) is 0 Å². The second-order valence-electron chi connectivity index (χ2n) is 2.57. The molecule has 0 aliphatic carbocycles. The van der Waals surface area contributed by atoms with Gasteiger partial charge in [0.05, 0.1) is 7.05 Å². The second-order valence-corrected chi connectivity index (χ2v) is 2.57. The molecule has 0 aliphatic rings. The van der Waals surface area contributed by atoms with E-state index in [2.05, 4.69) is 15.3 Å². The third kappa shape index (κ3) is 0.790. The second kappa shape index (κ2) is 2.02. The Morgan fingerprint density at radius 1 is 1.55 bits per heavy atom. The van der Waals surface area contributed by atoms with E-state index in [0.717, 1.165) is 16.7 Å². The summed E-state index contributed by atoms with van der Waals surface area (Å²) < 4.78 is 1.79. The van der Waals surface area contributed by atoms with Crippen molar-refractivity contribution < 1.29 is 4.68 Å². The molecule has 2 heterocycles. The minimum atomic E-state index is 0.894. The number of hydrogen-bond acceptors (Lipinski definition) is 2. The summed E-state index contributed by atoms with van der Waals surface area (Å²) >= 11 is 0. The first kappa shape index (κ1) is 6.27. The van der Waals surface area contributed by atoms with Crippen molar-refractivity contribution in [3.63, 3.8) is 0 Å². The summed E-state index contributed by atoms with van der Waals surface area (Å²) in [6.45, 7) is 2.02. The van der Waals surface area contributed by atoms with E-state index < -0.39 is 0 Å². The number of nitrogens with one attached hydrogen (secondary N) is 1. The summed E-state index contributed by atoms with van der Waals surface area (Å²) in [4.78, 5) is 4.17. The van der Waals surface area contributed by atoms with Gasteiger partial charge in [0.15, 0.2) is 0 Å². The zero-order chi connectivity index (χ0) is 7.84. The van der Waals surface area contributed by atoms with Crippen molar-refractivity contribution in [2.24, 2.45) is 7.05 Å². The van der Waals surface area contributed by atoms with Crippen LogP contribution in [0.15, 0.2) is 12.3 Å². The highest BCUT2D eigenvalue weighted by Crippen LogP contribution is 2.06. The molecule has 2 aromatic rings. The number of rotatable bonds is 0. The number of aromatic amines is 1. The van der Waals surface area contributed by atoms with Crippen LogP contribution in [0.2, 0.25) is 0 Å². The topological polar surface area (TPSA) is 45.5 Å². The number of aryl methyl sites for hydroxylation is 2. The Morgan fingerprint density at radius 2 is 2.36 bits per heavy atom. The van der Waals surface area contributed by atoms with Gasteiger partial charge in [-0.05, 0) is 18.1 Å². The average Bonchev–Trinajstić information content (AvgIpc) is 2.35. The molecule has 0 spiro atoms. The van der Waals surface area contributed by atoms with Gasteiger partial charge in [-0.25, -0.2) is 0 Å². The van der Waals surface area contributed by atoms with E-state index in [0.29, 0.717) is 0 Å². The summed E-state index contributed by atoms with van der Waals surface area (Å²) in [6.07, 6.45) is 1.78. The number of aromatic nitrogens is 4. The average molecular weight is 149 g/mol. The zero-order valence-electron chi connectivity index (χ0n) is 6.50. The molecule has 0 unspecified atom stereocenters. The van der Waals surface area contributed by atoms with Crippen molar-refractivity contribution in [3.05, 3.63) is 17.8 Å². The summed E-state index contributed by atoms with van der Waals surface area (Å²) in [6, 6.07) is 1.95. The zero-order valence-corrected chi connectivity index (χ0v) is 6.50. The lowest BCUT2D eigenvalue weighted by Crippen LogP contribution is -2.30. The van der Waals surface area contributed by atoms with Gasteiger partial charge < -0.3 is 0 Å². The van der Waals surface area contributed by atoms with E-state index in [1.165, 1.54) is 0 Å². The first-order chi connectivity index (χ1) is 5.29. The summed E-state index contributed by atoms with van der Waals surface area (Å²) in [5, 5.41) is 6.91. The molecule has 0 saturated carbocycles. The molecule has 0 bridgehead atoms. The fraction of sp³-hybridized carbons (Fsp3) is 0.286. The normalized spacial score (nSPS) is 10.7. The van der Waals surface area contributed by atoms with Crippen LogP contribution in [0.4, 0.5) is 0 Å². The number of pyridine rings is 1. The highest BCUT2D eigenvalue weighted by atomic mass is 15.4. The number of H-pyrrole nitrogens is 1. The lowest BCUT2D eigenvalue weighted by molar-refractivity contribution is -0.708. The van der Waals surface area contributed by atoms with E-state index in [1.807, 2.05) is 20.0 Å². The van der Waals surface area contributed by atoms with E-state index in [-0.39, 0.29) is 0 Å². The molecule has 11 heavy (non-hydrogen) atoms. The largest absolute Gasteiger partial charge is 0.324 e. The first-order valence-electron chi connectivity index (χ1n) is 3.45. The summed E-state index contributed by atoms with van der Waals surface area (Å²) in [5.74, 6) is 0. The molecular weight excluding hydrogens is 140 g/mol. The Morgan fingerprint density at radius 3 is 3.09 bits per heavy atom. The van der Waals surface area contributed by atoms with Crippen molar-refractivity contribution in [3.8, 4) is 0 Å². The molecule has 0 fully saturated rings. The molecule has 0 aromatic carbocycles. The lowest BCUT2D eigenvalue weighted by Gasteiger charge is -1.84. The maximum absolute atomic E-state index is 4.17. The monoisotopic (exact) mass is 149 g/mol. The van der Waals surface area contributed by atoms with Crippen molar-refractivity contribution in [2.75, 3.05) is 0 Å². The number of fused-ring (bicyclic) bond motifs is 1. The molecule has 0 aliphatic heterocycles. The van der Waals surface area contributed by atoms with E-state index in [4.69, 9.17) is 0 Å². The van der Waals surface area contributed by atoms with Crippen LogP contribution in [0.25, 0.3) is 11.2 Å². The standard InChI is InChI=1S/C7H8N4/c1-5-3-4-8-7-6(5)9-10-11(7)2/h3-4H,1-2H3/p+1. The Balaban J connectivity index is 2.94. The van der Waals surface area contributed by atoms with Gasteiger partial charge in [0, 0.05) is 5.56 Å². The lowest BCUT2D eigenvalue weighted by atomic mass is 10.3. The molecular formula is C7H9N4+. The molecule has 2 aromatic heterocycles. The van der Waals surface area contributed by atoms with E-state index >= 15 is 0 Å². The smallest absolute Gasteiger partial charge is 0.164 e. The van der Waals surface area contributed by atoms with Crippen LogP contribution in [0.1, 0.15) is 5.56 Å². The van der Waals surface area contributed by atoms with Gasteiger partial charge in [-0.1, -0.05) is 0 Å². The van der Waals surface area contributed by atoms with Gasteiger partial charge in [-0.3, -0.25) is 0 Å². The van der Waals surface area contributed by atoms with Crippen molar-refractivity contribution >= 4 is 11.2 Å². The molecule has 0 atom stereocenters. The molecule has 0 amide bonds. The Kier molecular flexibility index (Phi) is 1.15. The van der Waals surface area contributed by atoms with Gasteiger partial charge in [0.1, 0.15) is 6.20 Å². The maximum atomic E-state index is 4.17. The van der Waals surface area contributed by atoms with Gasteiger partial charge in [0.2, 0.25) is 5.52 Å². The molecule has 0 saturated heterocycles. The molecule has 4 nitrogen and oxygen atoms in total. The van der Waals surface area contributed by atoms with Crippen molar-refractivity contribution in [1.82, 2.24) is 15.3 Å². The molecule has 1 N–H and O–H groups in total. The summed E-state index contributed by atoms with van der Waals surface area (Å²) in [7, 11) is 1.89. The van der Waals surface area contributed by atoms with Crippen LogP contribution in [-0.2, 0) is 7.05 Å². The highest BCUT2D eigenvalue weighted by molar-refractivity contribution is 5.69. The maximum Gasteiger partial charge on any atom is 0.324 e. The van der Waals surface area contributed by atoms with Crippen LogP contribution < -0.4 is 4.68 Å². The predicted octanol–water partition coefficient (Wildman–Crippen LogP) is 0.0908. The van der Waals surface area contributed by atoms with E-state index in [1.54, 1.807) is 10.9 Å². The Bertz CT molecular complexity index is 390. The van der Waals surface area contributed by atoms with Crippen molar-refractivity contribution in [1.29, 1.82) is 0 Å². The fourth-order valence-electron chi connectivity index (χ4n) is 1.09. The Labute approximate surface area is 63.9 Å². The van der Waals surface area contributed by atoms with Crippen LogP contribution in [0.5, 0.6) is 0 Å². The Hall–Kier alpha value is -1.45. The van der Waals surface area contributed by atoms with Crippen LogP contribution in [-0.4, -0.2) is 15.3 Å². The predicted molar refractivity (Wildman–Crippen MR) is 39.8 cm³/mol. The highest BCUT2D eigenvalue weighted by Gasteiger charge is 2.11. The van der Waals surface area contributed by atoms with E-state index in [9.17, 15) is 0 Å². The van der Waals surface area contributed by atoms with Gasteiger partial charge >= 0.3 is 5.65 Å². The van der Waals surface area contributed by atoms with Gasteiger partial charge in [-0.15, -0.1) is 10.2 Å². The van der Waals surface area contributed by atoms with Crippen LogP contribution >= 0.6 is 0 Å². The van der Waals surface area contributed by atoms with Gasteiger partial charge in [-0.2, -0.15) is 4.68 Å². The number of nitrogens with zero attached hydrogens (tertiary/aromatic N) is 3. The molecule has 0 radical (unpaired) electrons. The first-order valence-corrected chi connectivity index (χ1v) is 3.45. The minimum absolute atomic E-state index is 0.894. The van der Waals surface area contributed by atoms with Crippen LogP contribution in [0, 0.1) is 6.92 Å².